The predicted octanol–water partition coefficient (Wildman–Crippen LogP) is 4.74. The third kappa shape index (κ3) is 2.87. The van der Waals surface area contributed by atoms with Gasteiger partial charge in [0, 0.05) is 18.3 Å². The van der Waals surface area contributed by atoms with Crippen LogP contribution >= 0.6 is 23.2 Å². The molecule has 0 aliphatic heterocycles. The van der Waals surface area contributed by atoms with E-state index in [-0.39, 0.29) is 0 Å². The number of rotatable bonds is 4. The summed E-state index contributed by atoms with van der Waals surface area (Å²) in [4.78, 5) is 2.29. The minimum Gasteiger partial charge on any atom is -0.399 e. The van der Waals surface area contributed by atoms with Gasteiger partial charge in [-0.15, -0.1) is 0 Å². The van der Waals surface area contributed by atoms with E-state index in [9.17, 15) is 0 Å². The van der Waals surface area contributed by atoms with Crippen molar-refractivity contribution in [1.29, 1.82) is 0 Å². The maximum atomic E-state index is 6.36. The van der Waals surface area contributed by atoms with Gasteiger partial charge < -0.3 is 10.6 Å². The number of benzene rings is 2. The first-order chi connectivity index (χ1) is 9.65. The average Bonchev–Trinajstić information content (AvgIpc) is 3.22. The first-order valence-electron chi connectivity index (χ1n) is 6.70. The van der Waals surface area contributed by atoms with Gasteiger partial charge in [-0.2, -0.15) is 0 Å². The number of anilines is 2. The van der Waals surface area contributed by atoms with Crippen LogP contribution in [0.1, 0.15) is 18.4 Å². The van der Waals surface area contributed by atoms with Crippen molar-refractivity contribution >= 4 is 34.6 Å². The van der Waals surface area contributed by atoms with E-state index in [2.05, 4.69) is 17.0 Å². The molecule has 0 unspecified atom stereocenters. The fourth-order valence-corrected chi connectivity index (χ4v) is 3.14. The molecule has 20 heavy (non-hydrogen) atoms. The van der Waals surface area contributed by atoms with Gasteiger partial charge in [-0.25, -0.2) is 0 Å². The normalized spacial score (nSPS) is 14.3. The van der Waals surface area contributed by atoms with Crippen molar-refractivity contribution in [2.75, 3.05) is 10.6 Å². The third-order valence-corrected chi connectivity index (χ3v) is 4.09. The molecule has 2 aromatic carbocycles. The second-order valence-corrected chi connectivity index (χ2v) is 5.99. The summed E-state index contributed by atoms with van der Waals surface area (Å²) in [6.45, 7) is 0.814. The van der Waals surface area contributed by atoms with E-state index in [4.69, 9.17) is 28.9 Å². The Kier molecular flexibility index (Phi) is 3.77. The third-order valence-electron chi connectivity index (χ3n) is 3.51. The molecule has 2 N–H and O–H groups in total. The number of halogens is 2. The molecule has 0 radical (unpaired) electrons. The van der Waals surface area contributed by atoms with Gasteiger partial charge in [-0.1, -0.05) is 53.5 Å². The standard InChI is InChI=1S/C16H16Cl2N2/c17-14-8-12(19)9-15(18)16(14)20(13-6-7-13)10-11-4-2-1-3-5-11/h1-5,8-9,13H,6-7,10,19H2. The van der Waals surface area contributed by atoms with Crippen molar-refractivity contribution < 1.29 is 0 Å². The van der Waals surface area contributed by atoms with Crippen LogP contribution in [-0.2, 0) is 6.54 Å². The highest BCUT2D eigenvalue weighted by Gasteiger charge is 2.31. The fourth-order valence-electron chi connectivity index (χ4n) is 2.42. The van der Waals surface area contributed by atoms with Gasteiger partial charge in [0.15, 0.2) is 0 Å². The van der Waals surface area contributed by atoms with Crippen LogP contribution in [-0.4, -0.2) is 6.04 Å². The van der Waals surface area contributed by atoms with Crippen LogP contribution in [0.15, 0.2) is 42.5 Å². The maximum Gasteiger partial charge on any atom is 0.0752 e. The zero-order chi connectivity index (χ0) is 14.1. The van der Waals surface area contributed by atoms with Crippen molar-refractivity contribution in [2.45, 2.75) is 25.4 Å². The summed E-state index contributed by atoms with van der Waals surface area (Å²) in [6.07, 6.45) is 2.37. The molecule has 1 aliphatic carbocycles. The van der Waals surface area contributed by atoms with E-state index in [0.29, 0.717) is 21.8 Å². The van der Waals surface area contributed by atoms with E-state index in [1.54, 1.807) is 12.1 Å². The molecule has 0 saturated heterocycles. The van der Waals surface area contributed by atoms with Gasteiger partial charge in [0.05, 0.1) is 15.7 Å². The topological polar surface area (TPSA) is 29.3 Å². The van der Waals surface area contributed by atoms with E-state index < -0.39 is 0 Å². The Morgan fingerprint density at radius 2 is 1.65 bits per heavy atom. The van der Waals surface area contributed by atoms with Crippen LogP contribution in [0.3, 0.4) is 0 Å². The zero-order valence-electron chi connectivity index (χ0n) is 11.0. The number of hydrogen-bond donors (Lipinski definition) is 1. The van der Waals surface area contributed by atoms with Crippen molar-refractivity contribution in [3.8, 4) is 0 Å². The maximum absolute atomic E-state index is 6.36. The summed E-state index contributed by atoms with van der Waals surface area (Å²) in [7, 11) is 0. The molecular weight excluding hydrogens is 291 g/mol. The Labute approximate surface area is 129 Å². The summed E-state index contributed by atoms with van der Waals surface area (Å²) in [6, 6.07) is 14.4. The highest BCUT2D eigenvalue weighted by Crippen LogP contribution is 2.42. The Morgan fingerprint density at radius 1 is 1.05 bits per heavy atom. The summed E-state index contributed by atoms with van der Waals surface area (Å²) in [5, 5.41) is 1.25. The number of nitrogens with two attached hydrogens (primary N) is 1. The Hall–Kier alpha value is -1.38. The predicted molar refractivity (Wildman–Crippen MR) is 86.5 cm³/mol. The minimum atomic E-state index is 0.522. The van der Waals surface area contributed by atoms with E-state index >= 15 is 0 Å². The molecule has 1 fully saturated rings. The lowest BCUT2D eigenvalue weighted by Crippen LogP contribution is -2.25. The second-order valence-electron chi connectivity index (χ2n) is 5.18. The van der Waals surface area contributed by atoms with Crippen molar-refractivity contribution in [2.24, 2.45) is 0 Å². The molecule has 3 rings (SSSR count). The van der Waals surface area contributed by atoms with Crippen LogP contribution in [0.5, 0.6) is 0 Å². The van der Waals surface area contributed by atoms with Gasteiger partial charge in [-0.3, -0.25) is 0 Å². The smallest absolute Gasteiger partial charge is 0.0752 e. The lowest BCUT2D eigenvalue weighted by atomic mass is 10.2. The molecule has 104 valence electrons. The van der Waals surface area contributed by atoms with Gasteiger partial charge in [-0.05, 0) is 30.5 Å². The van der Waals surface area contributed by atoms with Crippen LogP contribution in [0.2, 0.25) is 10.0 Å². The number of hydrogen-bond acceptors (Lipinski definition) is 2. The molecule has 0 aromatic heterocycles. The van der Waals surface area contributed by atoms with Crippen molar-refractivity contribution in [3.05, 3.63) is 58.1 Å². The molecule has 1 saturated carbocycles. The molecule has 0 spiro atoms. The van der Waals surface area contributed by atoms with E-state index in [1.165, 1.54) is 18.4 Å². The van der Waals surface area contributed by atoms with E-state index in [0.717, 1.165) is 12.2 Å². The second kappa shape index (κ2) is 5.55. The summed E-state index contributed by atoms with van der Waals surface area (Å²) in [5.74, 6) is 0. The zero-order valence-corrected chi connectivity index (χ0v) is 12.5. The van der Waals surface area contributed by atoms with Crippen LogP contribution in [0.25, 0.3) is 0 Å². The van der Waals surface area contributed by atoms with Gasteiger partial charge in [0.1, 0.15) is 0 Å². The summed E-state index contributed by atoms with van der Waals surface area (Å²) >= 11 is 12.7. The van der Waals surface area contributed by atoms with Crippen LogP contribution < -0.4 is 10.6 Å². The average molecular weight is 307 g/mol. The van der Waals surface area contributed by atoms with E-state index in [1.807, 2.05) is 18.2 Å². The van der Waals surface area contributed by atoms with Crippen LogP contribution in [0, 0.1) is 0 Å². The molecular formula is C16H16Cl2N2. The number of nitrogen functional groups attached to an aromatic ring is 1. The minimum absolute atomic E-state index is 0.522. The van der Waals surface area contributed by atoms with Crippen LogP contribution in [0.4, 0.5) is 11.4 Å². The molecule has 4 heteroatoms. The van der Waals surface area contributed by atoms with Gasteiger partial charge in [0.25, 0.3) is 0 Å². The van der Waals surface area contributed by atoms with Crippen molar-refractivity contribution in [3.63, 3.8) is 0 Å². The quantitative estimate of drug-likeness (QED) is 0.826. The monoisotopic (exact) mass is 306 g/mol. The summed E-state index contributed by atoms with van der Waals surface area (Å²) < 4.78 is 0. The molecule has 2 aromatic rings. The number of nitrogens with zero attached hydrogens (tertiary/aromatic N) is 1. The first kappa shape index (κ1) is 13.6. The summed E-state index contributed by atoms with van der Waals surface area (Å²) in [5.41, 5.74) is 8.53. The highest BCUT2D eigenvalue weighted by molar-refractivity contribution is 6.39. The Morgan fingerprint density at radius 3 is 2.20 bits per heavy atom. The Balaban J connectivity index is 1.95. The molecule has 2 nitrogen and oxygen atoms in total. The molecule has 0 bridgehead atoms. The molecule has 0 amide bonds. The van der Waals surface area contributed by atoms with Gasteiger partial charge in [0.2, 0.25) is 0 Å². The SMILES string of the molecule is Nc1cc(Cl)c(N(Cc2ccccc2)C2CC2)c(Cl)c1. The van der Waals surface area contributed by atoms with Gasteiger partial charge >= 0.3 is 0 Å². The highest BCUT2D eigenvalue weighted by atomic mass is 35.5. The fraction of sp³-hybridized carbons (Fsp3) is 0.250. The van der Waals surface area contributed by atoms with Crippen molar-refractivity contribution in [1.82, 2.24) is 0 Å². The largest absolute Gasteiger partial charge is 0.399 e. The molecule has 0 atom stereocenters. The lowest BCUT2D eigenvalue weighted by molar-refractivity contribution is 0.795. The molecule has 1 aliphatic rings. The lowest BCUT2D eigenvalue weighted by Gasteiger charge is -2.27. The Bertz CT molecular complexity index is 586. The first-order valence-corrected chi connectivity index (χ1v) is 7.46. The molecule has 0 heterocycles.